The Bertz CT molecular complexity index is 209. The van der Waals surface area contributed by atoms with E-state index in [4.69, 9.17) is 0 Å². The van der Waals surface area contributed by atoms with Gasteiger partial charge in [-0.3, -0.25) is 0 Å². The zero-order chi connectivity index (χ0) is 8.27. The number of halogens is 3. The Kier molecular flexibility index (Phi) is 15.5. The molecule has 4 heteroatoms. The largest absolute Gasteiger partial charge is 1.00 e. The number of hydrogen-bond donors (Lipinski definition) is 0. The standard InChI is InChI=1S/C10H15.3ClH.Ti/c1-3-4-5-10-7-6-9(2)8-10;;;;/h6H,3-5,7H2,1-2H3;3*1H;/q;;;;+3/p-3. The van der Waals surface area contributed by atoms with Crippen LogP contribution in [0.15, 0.2) is 21.1 Å². The number of allylic oxidation sites excluding steroid dienone is 4. The van der Waals surface area contributed by atoms with Crippen LogP contribution in [0.4, 0.5) is 0 Å². The molecule has 1 rings (SSSR count). The van der Waals surface area contributed by atoms with E-state index in [-0.39, 0.29) is 37.2 Å². The van der Waals surface area contributed by atoms with E-state index >= 15 is 0 Å². The summed E-state index contributed by atoms with van der Waals surface area (Å²) in [7, 11) is 0. The molecular weight excluding hydrogens is 274 g/mol. The zero-order valence-electron chi connectivity index (χ0n) is 8.54. The second-order valence-electron chi connectivity index (χ2n) is 3.17. The summed E-state index contributed by atoms with van der Waals surface area (Å²) in [4.78, 5) is 0. The number of unbranched alkanes of at least 4 members (excludes halogenated alkanes) is 1. The van der Waals surface area contributed by atoms with Gasteiger partial charge in [0.1, 0.15) is 0 Å². The smallest absolute Gasteiger partial charge is 1.00 e. The monoisotopic (exact) mass is 288 g/mol. The zero-order valence-corrected chi connectivity index (χ0v) is 12.4. The quantitative estimate of drug-likeness (QED) is 0.455. The molecule has 0 amide bonds. The first kappa shape index (κ1) is 20.5. The van der Waals surface area contributed by atoms with Crippen LogP contribution in [-0.4, -0.2) is 0 Å². The van der Waals surface area contributed by atoms with E-state index in [2.05, 4.69) is 40.4 Å². The van der Waals surface area contributed by atoms with Gasteiger partial charge in [0.15, 0.2) is 0 Å². The van der Waals surface area contributed by atoms with Crippen molar-refractivity contribution in [1.29, 1.82) is 0 Å². The van der Waals surface area contributed by atoms with E-state index in [1.165, 1.54) is 31.3 Å². The van der Waals surface area contributed by atoms with Crippen LogP contribution in [0.5, 0.6) is 0 Å². The van der Waals surface area contributed by atoms with Gasteiger partial charge in [-0.1, -0.05) is 0 Å². The first-order chi connectivity index (χ1) is 5.25. The molecule has 0 saturated heterocycles. The molecule has 0 aromatic rings. The molecule has 0 aliphatic heterocycles. The first-order valence-electron chi connectivity index (χ1n) is 4.36. The Morgan fingerprint density at radius 1 is 1.29 bits per heavy atom. The molecule has 0 aromatic carbocycles. The van der Waals surface area contributed by atoms with Gasteiger partial charge in [-0.05, 0) is 0 Å². The van der Waals surface area contributed by atoms with Gasteiger partial charge < -0.3 is 37.2 Å². The SMILES string of the molecule is CCCCC1=[C]([Ti+3])C(C)=CC1.[Cl-].[Cl-].[Cl-]. The molecule has 0 atom stereocenters. The third-order valence-electron chi connectivity index (χ3n) is 2.23. The van der Waals surface area contributed by atoms with Crippen molar-refractivity contribution in [3.05, 3.63) is 21.1 Å². The van der Waals surface area contributed by atoms with Crippen molar-refractivity contribution in [2.75, 3.05) is 0 Å². The Labute approximate surface area is 118 Å². The summed E-state index contributed by atoms with van der Waals surface area (Å²) in [5.41, 5.74) is 3.17. The van der Waals surface area contributed by atoms with Crippen LogP contribution in [0.3, 0.4) is 0 Å². The molecule has 0 unspecified atom stereocenters. The molecule has 1 aliphatic rings. The summed E-state index contributed by atoms with van der Waals surface area (Å²) in [6.45, 7) is 4.47. The van der Waals surface area contributed by atoms with Gasteiger partial charge in [0.25, 0.3) is 0 Å². The van der Waals surface area contributed by atoms with Gasteiger partial charge in [0.2, 0.25) is 0 Å². The van der Waals surface area contributed by atoms with Crippen molar-refractivity contribution in [1.82, 2.24) is 0 Å². The van der Waals surface area contributed by atoms with E-state index in [1.54, 1.807) is 9.45 Å². The summed E-state index contributed by atoms with van der Waals surface area (Å²) in [6.07, 6.45) is 7.55. The molecule has 14 heavy (non-hydrogen) atoms. The van der Waals surface area contributed by atoms with Crippen molar-refractivity contribution in [2.24, 2.45) is 0 Å². The summed E-state index contributed by atoms with van der Waals surface area (Å²) < 4.78 is 1.55. The van der Waals surface area contributed by atoms with Crippen LogP contribution in [0.2, 0.25) is 0 Å². The van der Waals surface area contributed by atoms with Crippen LogP contribution in [0.1, 0.15) is 39.5 Å². The van der Waals surface area contributed by atoms with E-state index in [0.29, 0.717) is 0 Å². The second kappa shape index (κ2) is 10.6. The van der Waals surface area contributed by atoms with Crippen molar-refractivity contribution in [2.45, 2.75) is 39.5 Å². The maximum Gasteiger partial charge on any atom is -1.00 e. The molecule has 0 nitrogen and oxygen atoms in total. The van der Waals surface area contributed by atoms with Crippen LogP contribution < -0.4 is 37.2 Å². The number of rotatable bonds is 3. The average Bonchev–Trinajstić information content (AvgIpc) is 2.31. The summed E-state index contributed by atoms with van der Waals surface area (Å²) in [6, 6.07) is 0. The van der Waals surface area contributed by atoms with Gasteiger partial charge in [-0.15, -0.1) is 0 Å². The maximum absolute atomic E-state index is 2.35. The van der Waals surface area contributed by atoms with E-state index in [1.807, 2.05) is 0 Å². The minimum Gasteiger partial charge on any atom is -1.00 e. The van der Waals surface area contributed by atoms with E-state index in [0.717, 1.165) is 0 Å². The van der Waals surface area contributed by atoms with E-state index < -0.39 is 0 Å². The molecule has 0 saturated carbocycles. The molecule has 1 aliphatic carbocycles. The van der Waals surface area contributed by atoms with Crippen molar-refractivity contribution in [3.63, 3.8) is 0 Å². The Hall–Kier alpha value is 1.06. The molecule has 0 aromatic heterocycles. The topological polar surface area (TPSA) is 0 Å². The minimum absolute atomic E-state index is 0. The minimum atomic E-state index is 0. The fraction of sp³-hybridized carbons (Fsp3) is 0.600. The summed E-state index contributed by atoms with van der Waals surface area (Å²) in [5, 5.41) is 0. The predicted molar refractivity (Wildman–Crippen MR) is 44.9 cm³/mol. The summed E-state index contributed by atoms with van der Waals surface area (Å²) in [5.74, 6) is 0. The van der Waals surface area contributed by atoms with Gasteiger partial charge in [-0.2, -0.15) is 0 Å². The predicted octanol–water partition coefficient (Wildman–Crippen LogP) is -5.66. The van der Waals surface area contributed by atoms with Crippen LogP contribution in [0.25, 0.3) is 0 Å². The van der Waals surface area contributed by atoms with Crippen molar-refractivity contribution >= 4 is 0 Å². The van der Waals surface area contributed by atoms with Gasteiger partial charge >= 0.3 is 81.1 Å². The average molecular weight is 289 g/mol. The van der Waals surface area contributed by atoms with Crippen LogP contribution >= 0.6 is 0 Å². The van der Waals surface area contributed by atoms with Gasteiger partial charge in [0, 0.05) is 0 Å². The van der Waals surface area contributed by atoms with Gasteiger partial charge in [-0.25, -0.2) is 0 Å². The normalized spacial score (nSPS) is 13.9. The molecule has 0 radical (unpaired) electrons. The Morgan fingerprint density at radius 2 is 1.86 bits per heavy atom. The van der Waals surface area contributed by atoms with Crippen LogP contribution in [-0.2, 0) is 20.4 Å². The van der Waals surface area contributed by atoms with Gasteiger partial charge in [0.05, 0.1) is 0 Å². The fourth-order valence-corrected chi connectivity index (χ4v) is 1.89. The summed E-state index contributed by atoms with van der Waals surface area (Å²) >= 11 is 2.25. The van der Waals surface area contributed by atoms with Crippen molar-refractivity contribution < 1.29 is 57.7 Å². The third kappa shape index (κ3) is 5.83. The molecule has 0 spiro atoms. The molecule has 0 heterocycles. The number of hydrogen-bond acceptors (Lipinski definition) is 0. The van der Waals surface area contributed by atoms with E-state index in [9.17, 15) is 0 Å². The molecule has 0 fully saturated rings. The molecule has 0 N–H and O–H groups in total. The second-order valence-corrected chi connectivity index (χ2v) is 3.95. The van der Waals surface area contributed by atoms with Crippen molar-refractivity contribution in [3.8, 4) is 0 Å². The fourth-order valence-electron chi connectivity index (χ4n) is 1.38. The molecule has 0 bridgehead atoms. The Balaban J connectivity index is -0.000000403. The van der Waals surface area contributed by atoms with Crippen LogP contribution in [0, 0.1) is 0 Å². The Morgan fingerprint density at radius 3 is 2.21 bits per heavy atom. The maximum atomic E-state index is 2.35. The molecule has 80 valence electrons. The molecular formula is C10H15Cl3Ti. The first-order valence-corrected chi connectivity index (χ1v) is 5.14. The third-order valence-corrected chi connectivity index (χ3v) is 3.40.